The van der Waals surface area contributed by atoms with Gasteiger partial charge in [0.25, 0.3) is 0 Å². The molecule has 0 bridgehead atoms. The first-order valence-corrected chi connectivity index (χ1v) is 11.8. The van der Waals surface area contributed by atoms with Crippen LogP contribution in [-0.4, -0.2) is 46.4 Å². The third-order valence-electron chi connectivity index (χ3n) is 6.59. The number of nitrogens with zero attached hydrogens (tertiary/aromatic N) is 3. The van der Waals surface area contributed by atoms with Gasteiger partial charge >= 0.3 is 6.03 Å². The monoisotopic (exact) mass is 428 g/mol. The van der Waals surface area contributed by atoms with Gasteiger partial charge in [-0.05, 0) is 44.6 Å². The molecule has 1 atom stereocenters. The molecule has 8 nitrogen and oxygen atoms in total. The number of aryl methyl sites for hydroxylation is 1. The first kappa shape index (κ1) is 21.9. The van der Waals surface area contributed by atoms with Gasteiger partial charge in [0.1, 0.15) is 11.3 Å². The van der Waals surface area contributed by atoms with Gasteiger partial charge in [-0.1, -0.05) is 26.2 Å². The molecule has 4 rings (SSSR count). The van der Waals surface area contributed by atoms with Crippen LogP contribution in [0.5, 0.6) is 0 Å². The van der Waals surface area contributed by atoms with E-state index in [2.05, 4.69) is 33.2 Å². The maximum atomic E-state index is 12.0. The van der Waals surface area contributed by atoms with E-state index in [4.69, 9.17) is 15.5 Å². The second-order valence-corrected chi connectivity index (χ2v) is 9.11. The van der Waals surface area contributed by atoms with Gasteiger partial charge < -0.3 is 25.7 Å². The first-order valence-electron chi connectivity index (χ1n) is 11.8. The summed E-state index contributed by atoms with van der Waals surface area (Å²) < 4.78 is 8.07. The van der Waals surface area contributed by atoms with E-state index >= 15 is 0 Å². The summed E-state index contributed by atoms with van der Waals surface area (Å²) in [6, 6.07) is 2.29. The van der Waals surface area contributed by atoms with Crippen LogP contribution in [0.1, 0.15) is 69.3 Å². The number of nitrogens with one attached hydrogen (secondary N) is 2. The molecule has 31 heavy (non-hydrogen) atoms. The SMILES string of the molecule is Cc1cc2c(nc(C(C)C3CC3)n2CCOCCNC(=O)NC2CCCCC2)c(N)n1. The van der Waals surface area contributed by atoms with Gasteiger partial charge in [-0.2, -0.15) is 0 Å². The maximum Gasteiger partial charge on any atom is 0.315 e. The van der Waals surface area contributed by atoms with Gasteiger partial charge in [0.2, 0.25) is 0 Å². The number of anilines is 1. The van der Waals surface area contributed by atoms with Crippen molar-refractivity contribution in [3.8, 4) is 0 Å². The molecule has 2 aliphatic carbocycles. The highest BCUT2D eigenvalue weighted by atomic mass is 16.5. The van der Waals surface area contributed by atoms with Crippen LogP contribution in [-0.2, 0) is 11.3 Å². The number of pyridine rings is 1. The number of hydrogen-bond acceptors (Lipinski definition) is 5. The van der Waals surface area contributed by atoms with Crippen LogP contribution in [0, 0.1) is 12.8 Å². The Balaban J connectivity index is 1.28. The summed E-state index contributed by atoms with van der Waals surface area (Å²) in [5, 5.41) is 5.97. The van der Waals surface area contributed by atoms with Crippen LogP contribution < -0.4 is 16.4 Å². The Hall–Kier alpha value is -2.35. The highest BCUT2D eigenvalue weighted by Crippen LogP contribution is 2.42. The molecule has 0 aliphatic heterocycles. The number of nitrogen functional groups attached to an aromatic ring is 1. The molecule has 2 aromatic heterocycles. The summed E-state index contributed by atoms with van der Waals surface area (Å²) in [7, 11) is 0. The highest BCUT2D eigenvalue weighted by molar-refractivity contribution is 5.86. The molecule has 2 fully saturated rings. The zero-order chi connectivity index (χ0) is 21.8. The van der Waals surface area contributed by atoms with Crippen molar-refractivity contribution in [3.63, 3.8) is 0 Å². The van der Waals surface area contributed by atoms with Gasteiger partial charge in [-0.25, -0.2) is 14.8 Å². The number of carbonyl (C=O) groups is 1. The molecule has 2 amide bonds. The highest BCUT2D eigenvalue weighted by Gasteiger charge is 2.32. The number of fused-ring (bicyclic) bond motifs is 1. The minimum atomic E-state index is -0.0879. The largest absolute Gasteiger partial charge is 0.382 e. The van der Waals surface area contributed by atoms with Crippen molar-refractivity contribution in [1.29, 1.82) is 0 Å². The summed E-state index contributed by atoms with van der Waals surface area (Å²) >= 11 is 0. The summed E-state index contributed by atoms with van der Waals surface area (Å²) in [4.78, 5) is 21.3. The van der Waals surface area contributed by atoms with Gasteiger partial charge in [-0.3, -0.25) is 0 Å². The van der Waals surface area contributed by atoms with Gasteiger partial charge in [0.15, 0.2) is 5.82 Å². The lowest BCUT2D eigenvalue weighted by Crippen LogP contribution is -2.43. The molecule has 8 heteroatoms. The van der Waals surface area contributed by atoms with Crippen molar-refractivity contribution in [2.75, 3.05) is 25.5 Å². The maximum absolute atomic E-state index is 12.0. The molecule has 2 heterocycles. The van der Waals surface area contributed by atoms with E-state index in [1.165, 1.54) is 32.1 Å². The van der Waals surface area contributed by atoms with Crippen LogP contribution in [0.4, 0.5) is 10.6 Å². The number of carbonyl (C=O) groups excluding carboxylic acids is 1. The van der Waals surface area contributed by atoms with Gasteiger partial charge in [-0.15, -0.1) is 0 Å². The smallest absolute Gasteiger partial charge is 0.315 e. The lowest BCUT2D eigenvalue weighted by molar-refractivity contribution is 0.128. The topological polar surface area (TPSA) is 107 Å². The Morgan fingerprint density at radius 2 is 2.00 bits per heavy atom. The molecule has 4 N–H and O–H groups in total. The predicted molar refractivity (Wildman–Crippen MR) is 122 cm³/mol. The average Bonchev–Trinajstić information content (AvgIpc) is 3.53. The fourth-order valence-electron chi connectivity index (χ4n) is 4.66. The van der Waals surface area contributed by atoms with Crippen molar-refractivity contribution >= 4 is 22.9 Å². The van der Waals surface area contributed by atoms with Gasteiger partial charge in [0.05, 0.1) is 18.7 Å². The van der Waals surface area contributed by atoms with E-state index in [0.29, 0.717) is 50.0 Å². The summed E-state index contributed by atoms with van der Waals surface area (Å²) in [5.74, 6) is 2.67. The van der Waals surface area contributed by atoms with Crippen LogP contribution >= 0.6 is 0 Å². The molecular weight excluding hydrogens is 392 g/mol. The van der Waals surface area contributed by atoms with E-state index in [9.17, 15) is 4.79 Å². The van der Waals surface area contributed by atoms with E-state index in [-0.39, 0.29) is 6.03 Å². The number of imidazole rings is 1. The standard InChI is InChI=1S/C23H36N6O2/c1-15-14-19-20(21(24)26-15)28-22(16(2)17-8-9-17)29(19)11-13-31-12-10-25-23(30)27-18-6-4-3-5-7-18/h14,16-18H,3-13H2,1-2H3,(H2,24,26)(H2,25,27,30). The molecule has 170 valence electrons. The zero-order valence-corrected chi connectivity index (χ0v) is 18.8. The number of urea groups is 1. The molecular formula is C23H36N6O2. The van der Waals surface area contributed by atoms with E-state index in [1.54, 1.807) is 0 Å². The Bertz CT molecular complexity index is 901. The van der Waals surface area contributed by atoms with Crippen LogP contribution in [0.3, 0.4) is 0 Å². The third-order valence-corrected chi connectivity index (χ3v) is 6.59. The van der Waals surface area contributed by atoms with Crippen LogP contribution in [0.25, 0.3) is 11.0 Å². The number of aromatic nitrogens is 3. The first-order chi connectivity index (χ1) is 15.0. The van der Waals surface area contributed by atoms with Gasteiger partial charge in [0, 0.05) is 30.7 Å². The summed E-state index contributed by atoms with van der Waals surface area (Å²) in [5.41, 5.74) is 8.87. The minimum Gasteiger partial charge on any atom is -0.382 e. The second-order valence-electron chi connectivity index (χ2n) is 9.11. The van der Waals surface area contributed by atoms with E-state index in [1.807, 2.05) is 6.92 Å². The van der Waals surface area contributed by atoms with Crippen molar-refractivity contribution in [1.82, 2.24) is 25.2 Å². The quantitative estimate of drug-likeness (QED) is 0.530. The zero-order valence-electron chi connectivity index (χ0n) is 18.8. The summed E-state index contributed by atoms with van der Waals surface area (Å²) in [6.07, 6.45) is 8.40. The van der Waals surface area contributed by atoms with Crippen molar-refractivity contribution in [2.45, 2.75) is 77.3 Å². The normalized spacial score (nSPS) is 18.3. The predicted octanol–water partition coefficient (Wildman–Crippen LogP) is 3.48. The number of hydrogen-bond donors (Lipinski definition) is 3. The minimum absolute atomic E-state index is 0.0879. The molecule has 0 aromatic carbocycles. The fourth-order valence-corrected chi connectivity index (χ4v) is 4.66. The fraction of sp³-hybridized carbons (Fsp3) is 0.696. The Morgan fingerprint density at radius 1 is 1.23 bits per heavy atom. The third kappa shape index (κ3) is 5.47. The van der Waals surface area contributed by atoms with Crippen LogP contribution in [0.2, 0.25) is 0 Å². The van der Waals surface area contributed by atoms with Crippen molar-refractivity contribution in [2.24, 2.45) is 5.92 Å². The van der Waals surface area contributed by atoms with Crippen LogP contribution in [0.15, 0.2) is 6.07 Å². The molecule has 2 aliphatic rings. The molecule has 0 radical (unpaired) electrons. The number of ether oxygens (including phenoxy) is 1. The Labute approximate surface area is 184 Å². The van der Waals surface area contributed by atoms with Crippen molar-refractivity contribution in [3.05, 3.63) is 17.6 Å². The van der Waals surface area contributed by atoms with E-state index < -0.39 is 0 Å². The van der Waals surface area contributed by atoms with E-state index in [0.717, 1.165) is 35.4 Å². The average molecular weight is 429 g/mol. The Morgan fingerprint density at radius 3 is 2.74 bits per heavy atom. The molecule has 2 saturated carbocycles. The number of nitrogens with two attached hydrogens (primary N) is 1. The van der Waals surface area contributed by atoms with Crippen molar-refractivity contribution < 1.29 is 9.53 Å². The lowest BCUT2D eigenvalue weighted by atomic mass is 9.96. The summed E-state index contributed by atoms with van der Waals surface area (Å²) in [6.45, 7) is 6.47. The number of rotatable bonds is 9. The molecule has 0 saturated heterocycles. The lowest BCUT2D eigenvalue weighted by Gasteiger charge is -2.22. The molecule has 0 spiro atoms. The Kier molecular flexibility index (Phi) is 6.95. The molecule has 1 unspecified atom stereocenters. The molecule has 2 aromatic rings. The second kappa shape index (κ2) is 9.85. The number of amides is 2.